The number of carbonyl (C=O) groups excluding carboxylic acids is 2. The van der Waals surface area contributed by atoms with E-state index in [9.17, 15) is 14.4 Å². The summed E-state index contributed by atoms with van der Waals surface area (Å²) in [5, 5.41) is 0.952. The largest absolute Gasteiger partial charge is 0.457 e. The number of aromatic nitrogens is 2. The first-order chi connectivity index (χ1) is 14.9. The first-order valence-electron chi connectivity index (χ1n) is 10.1. The summed E-state index contributed by atoms with van der Waals surface area (Å²) in [5.41, 5.74) is 8.54. The molecule has 3 aromatic rings. The highest BCUT2D eigenvalue weighted by atomic mass is 16.6. The van der Waals surface area contributed by atoms with Crippen LogP contribution in [-0.2, 0) is 44.4 Å². The molecule has 0 saturated heterocycles. The zero-order valence-corrected chi connectivity index (χ0v) is 17.2. The number of nitrogens with zero attached hydrogens (tertiary/aromatic N) is 2. The molecule has 0 radical (unpaired) electrons. The van der Waals surface area contributed by atoms with Gasteiger partial charge in [-0.1, -0.05) is 13.0 Å². The fourth-order valence-corrected chi connectivity index (χ4v) is 4.56. The van der Waals surface area contributed by atoms with Crippen LogP contribution in [0, 0.1) is 0 Å². The van der Waals surface area contributed by atoms with Gasteiger partial charge in [-0.3, -0.25) is 9.59 Å². The van der Waals surface area contributed by atoms with Crippen molar-refractivity contribution in [1.82, 2.24) is 9.55 Å². The molecule has 0 bridgehead atoms. The first-order valence-corrected chi connectivity index (χ1v) is 10.1. The quantitative estimate of drug-likeness (QED) is 0.506. The lowest BCUT2D eigenvalue weighted by atomic mass is 9.85. The van der Waals surface area contributed by atoms with Gasteiger partial charge < -0.3 is 19.8 Å². The Morgan fingerprint density at radius 3 is 2.81 bits per heavy atom. The van der Waals surface area contributed by atoms with E-state index in [4.69, 9.17) is 20.2 Å². The Bertz CT molecular complexity index is 1340. The molecule has 0 amide bonds. The molecule has 4 heterocycles. The van der Waals surface area contributed by atoms with E-state index in [0.29, 0.717) is 35.6 Å². The van der Waals surface area contributed by atoms with Gasteiger partial charge in [0.2, 0.25) is 5.60 Å². The molecule has 2 aromatic heterocycles. The van der Waals surface area contributed by atoms with Crippen LogP contribution in [0.2, 0.25) is 0 Å². The van der Waals surface area contributed by atoms with Crippen LogP contribution in [0.4, 0.5) is 0 Å². The number of pyridine rings is 2. The first kappa shape index (κ1) is 19.4. The molecule has 1 aromatic carbocycles. The molecule has 8 heteroatoms. The smallest absolute Gasteiger partial charge is 0.355 e. The van der Waals surface area contributed by atoms with E-state index in [-0.39, 0.29) is 18.6 Å². The number of hydrogen-bond donors (Lipinski definition) is 1. The molecule has 8 nitrogen and oxygen atoms in total. The third kappa shape index (κ3) is 2.71. The summed E-state index contributed by atoms with van der Waals surface area (Å²) in [6, 6.07) is 9.60. The Balaban J connectivity index is 1.75. The van der Waals surface area contributed by atoms with Crippen LogP contribution in [-0.4, -0.2) is 21.5 Å². The number of esters is 2. The molecule has 31 heavy (non-hydrogen) atoms. The van der Waals surface area contributed by atoms with E-state index in [1.165, 1.54) is 6.92 Å². The lowest BCUT2D eigenvalue weighted by Crippen LogP contribution is -2.47. The number of cyclic esters (lactones) is 1. The van der Waals surface area contributed by atoms with Crippen molar-refractivity contribution < 1.29 is 19.1 Å². The number of fused-ring (bicyclic) bond motifs is 5. The number of hydrogen-bond acceptors (Lipinski definition) is 7. The highest BCUT2D eigenvalue weighted by Gasteiger charge is 2.50. The minimum Gasteiger partial charge on any atom is -0.457 e. The van der Waals surface area contributed by atoms with Gasteiger partial charge in [0.1, 0.15) is 6.61 Å². The number of ether oxygens (including phenoxy) is 2. The summed E-state index contributed by atoms with van der Waals surface area (Å²) in [4.78, 5) is 42.7. The lowest BCUT2D eigenvalue weighted by Gasteiger charge is -2.35. The van der Waals surface area contributed by atoms with E-state index in [1.54, 1.807) is 17.6 Å². The average Bonchev–Trinajstić information content (AvgIpc) is 3.11. The Kier molecular flexibility index (Phi) is 4.23. The fourth-order valence-electron chi connectivity index (χ4n) is 4.56. The fraction of sp³-hybridized carbons (Fsp3) is 0.304. The molecule has 158 valence electrons. The third-order valence-corrected chi connectivity index (χ3v) is 6.09. The van der Waals surface area contributed by atoms with E-state index >= 15 is 0 Å². The van der Waals surface area contributed by atoms with Gasteiger partial charge in [-0.2, -0.15) is 0 Å². The van der Waals surface area contributed by atoms with Crippen molar-refractivity contribution in [2.75, 3.05) is 0 Å². The van der Waals surface area contributed by atoms with Crippen LogP contribution in [0.5, 0.6) is 0 Å². The molecule has 0 saturated carbocycles. The van der Waals surface area contributed by atoms with E-state index in [2.05, 4.69) is 0 Å². The van der Waals surface area contributed by atoms with Gasteiger partial charge in [0.05, 0.1) is 29.0 Å². The second-order valence-electron chi connectivity index (χ2n) is 7.89. The van der Waals surface area contributed by atoms with Crippen LogP contribution in [0.1, 0.15) is 42.5 Å². The molecule has 2 aliphatic rings. The van der Waals surface area contributed by atoms with Crippen molar-refractivity contribution in [2.24, 2.45) is 5.73 Å². The molecule has 0 spiro atoms. The SMILES string of the molecule is CC[C@@]1(OC(C)=O)C(=O)OCc2c1cc1n(c2=O)Cc2cc3cc(CN)ccc3nc2-1. The van der Waals surface area contributed by atoms with Gasteiger partial charge in [0.15, 0.2) is 0 Å². The maximum atomic E-state index is 13.4. The summed E-state index contributed by atoms with van der Waals surface area (Å²) in [5.74, 6) is -1.28. The summed E-state index contributed by atoms with van der Waals surface area (Å²) in [6.45, 7) is 3.61. The normalized spacial score (nSPS) is 18.9. The van der Waals surface area contributed by atoms with Gasteiger partial charge in [-0.15, -0.1) is 0 Å². The summed E-state index contributed by atoms with van der Waals surface area (Å²) < 4.78 is 12.4. The molecule has 0 unspecified atom stereocenters. The molecule has 2 aliphatic heterocycles. The van der Waals surface area contributed by atoms with Crippen LogP contribution in [0.15, 0.2) is 35.1 Å². The van der Waals surface area contributed by atoms with E-state index in [0.717, 1.165) is 22.0 Å². The average molecular weight is 419 g/mol. The Morgan fingerprint density at radius 1 is 1.29 bits per heavy atom. The maximum Gasteiger partial charge on any atom is 0.355 e. The third-order valence-electron chi connectivity index (χ3n) is 6.09. The molecular weight excluding hydrogens is 398 g/mol. The summed E-state index contributed by atoms with van der Waals surface area (Å²) in [6.07, 6.45) is 0.154. The predicted molar refractivity (Wildman–Crippen MR) is 112 cm³/mol. The van der Waals surface area contributed by atoms with E-state index < -0.39 is 17.5 Å². The molecule has 2 N–H and O–H groups in total. The molecule has 5 rings (SSSR count). The number of nitrogens with two attached hydrogens (primary N) is 1. The lowest BCUT2D eigenvalue weighted by molar-refractivity contribution is -0.188. The van der Waals surface area contributed by atoms with Gasteiger partial charge in [-0.05, 0) is 36.2 Å². The number of carbonyl (C=O) groups is 2. The Morgan fingerprint density at radius 2 is 2.10 bits per heavy atom. The van der Waals surface area contributed by atoms with Crippen LogP contribution < -0.4 is 11.3 Å². The molecule has 0 fully saturated rings. The number of rotatable bonds is 3. The van der Waals surface area contributed by atoms with E-state index in [1.807, 2.05) is 24.3 Å². The topological polar surface area (TPSA) is 114 Å². The van der Waals surface area contributed by atoms with Crippen LogP contribution in [0.25, 0.3) is 22.3 Å². The Labute approximate surface area is 177 Å². The molecule has 1 atom stereocenters. The second kappa shape index (κ2) is 6.75. The van der Waals surface area contributed by atoms with Crippen molar-refractivity contribution in [3.63, 3.8) is 0 Å². The van der Waals surface area contributed by atoms with Crippen molar-refractivity contribution in [1.29, 1.82) is 0 Å². The van der Waals surface area contributed by atoms with Crippen molar-refractivity contribution in [3.8, 4) is 11.4 Å². The zero-order chi connectivity index (χ0) is 21.9. The minimum absolute atomic E-state index is 0.151. The number of benzene rings is 1. The van der Waals surface area contributed by atoms with Gasteiger partial charge >= 0.3 is 11.9 Å². The predicted octanol–water partition coefficient (Wildman–Crippen LogP) is 2.11. The Hall–Kier alpha value is -3.52. The van der Waals surface area contributed by atoms with Crippen molar-refractivity contribution in [3.05, 3.63) is 62.9 Å². The van der Waals surface area contributed by atoms with Crippen molar-refractivity contribution in [2.45, 2.75) is 45.6 Å². The van der Waals surface area contributed by atoms with Gasteiger partial charge in [0, 0.05) is 30.0 Å². The van der Waals surface area contributed by atoms with Crippen molar-refractivity contribution >= 4 is 22.8 Å². The van der Waals surface area contributed by atoms with Gasteiger partial charge in [-0.25, -0.2) is 9.78 Å². The van der Waals surface area contributed by atoms with Crippen LogP contribution >= 0.6 is 0 Å². The zero-order valence-electron chi connectivity index (χ0n) is 17.2. The standard InChI is InChI=1S/C23H21N3O5/c1-3-23(31-12(2)27)17-8-19-20-15(7-14-6-13(9-24)4-5-18(14)25-20)10-26(19)21(28)16(17)11-30-22(23)29/h4-8H,3,9-11,24H2,1-2H3/t23-/m0/s1. The minimum atomic E-state index is -1.64. The molecule has 0 aliphatic carbocycles. The summed E-state index contributed by atoms with van der Waals surface area (Å²) >= 11 is 0. The highest BCUT2D eigenvalue weighted by Crippen LogP contribution is 2.40. The maximum absolute atomic E-state index is 13.4. The van der Waals surface area contributed by atoms with Gasteiger partial charge in [0.25, 0.3) is 5.56 Å². The van der Waals surface area contributed by atoms with Crippen LogP contribution in [0.3, 0.4) is 0 Å². The highest BCUT2D eigenvalue weighted by molar-refractivity contribution is 5.88. The second-order valence-corrected chi connectivity index (χ2v) is 7.89. The summed E-state index contributed by atoms with van der Waals surface area (Å²) in [7, 11) is 0. The monoisotopic (exact) mass is 419 g/mol. The molecular formula is C23H21N3O5.